The molecule has 20 heavy (non-hydrogen) atoms. The Balaban J connectivity index is 1.88. The van der Waals surface area contributed by atoms with Gasteiger partial charge in [0.1, 0.15) is 0 Å². The van der Waals surface area contributed by atoms with E-state index in [0.717, 1.165) is 24.0 Å². The molecule has 0 aromatic heterocycles. The summed E-state index contributed by atoms with van der Waals surface area (Å²) >= 11 is 3.61. The Morgan fingerprint density at radius 3 is 2.90 bits per heavy atom. The molecular weight excluding hydrogens is 312 g/mol. The van der Waals surface area contributed by atoms with Crippen molar-refractivity contribution in [3.8, 4) is 0 Å². The zero-order valence-corrected chi connectivity index (χ0v) is 13.2. The van der Waals surface area contributed by atoms with Crippen LogP contribution in [0.15, 0.2) is 46.9 Å². The molecule has 2 nitrogen and oxygen atoms in total. The smallest absolute Gasteiger partial charge is 0.0529 e. The number of aryl methyl sites for hydroxylation is 1. The number of benzene rings is 2. The van der Waals surface area contributed by atoms with Crippen molar-refractivity contribution < 1.29 is 0 Å². The van der Waals surface area contributed by atoms with Gasteiger partial charge < -0.3 is 10.6 Å². The van der Waals surface area contributed by atoms with Crippen LogP contribution < -0.4 is 10.6 Å². The summed E-state index contributed by atoms with van der Waals surface area (Å²) in [6, 6.07) is 15.5. The highest BCUT2D eigenvalue weighted by Crippen LogP contribution is 2.29. The van der Waals surface area contributed by atoms with Gasteiger partial charge in [-0.3, -0.25) is 0 Å². The first kappa shape index (κ1) is 13.7. The Kier molecular flexibility index (Phi) is 4.08. The fourth-order valence-corrected chi connectivity index (χ4v) is 3.07. The summed E-state index contributed by atoms with van der Waals surface area (Å²) in [5, 5.41) is 7.17. The van der Waals surface area contributed by atoms with Gasteiger partial charge in [-0.15, -0.1) is 0 Å². The Morgan fingerprint density at radius 1 is 1.20 bits per heavy atom. The summed E-state index contributed by atoms with van der Waals surface area (Å²) in [5.41, 5.74) is 5.24. The van der Waals surface area contributed by atoms with Crippen molar-refractivity contribution in [3.63, 3.8) is 0 Å². The van der Waals surface area contributed by atoms with E-state index in [4.69, 9.17) is 0 Å². The van der Waals surface area contributed by atoms with Crippen LogP contribution >= 0.6 is 15.9 Å². The Labute approximate surface area is 128 Å². The zero-order valence-electron chi connectivity index (χ0n) is 11.6. The number of nitrogens with one attached hydrogen (secondary N) is 2. The van der Waals surface area contributed by atoms with Crippen LogP contribution in [0.3, 0.4) is 0 Å². The Bertz CT molecular complexity index is 610. The van der Waals surface area contributed by atoms with Gasteiger partial charge >= 0.3 is 0 Å². The van der Waals surface area contributed by atoms with E-state index in [1.165, 1.54) is 22.4 Å². The fourth-order valence-electron chi connectivity index (χ4n) is 2.69. The summed E-state index contributed by atoms with van der Waals surface area (Å²) in [4.78, 5) is 0. The molecule has 2 aromatic carbocycles. The van der Waals surface area contributed by atoms with Crippen LogP contribution in [0.25, 0.3) is 0 Å². The van der Waals surface area contributed by atoms with Crippen molar-refractivity contribution in [2.75, 3.05) is 11.9 Å². The van der Waals surface area contributed by atoms with Crippen LogP contribution in [0.5, 0.6) is 0 Å². The van der Waals surface area contributed by atoms with Crippen molar-refractivity contribution in [2.45, 2.75) is 25.9 Å². The highest BCUT2D eigenvalue weighted by atomic mass is 79.9. The molecule has 0 radical (unpaired) electrons. The van der Waals surface area contributed by atoms with Crippen LogP contribution in [0, 0.1) is 6.92 Å². The average molecular weight is 331 g/mol. The molecule has 1 aliphatic rings. The van der Waals surface area contributed by atoms with Crippen molar-refractivity contribution in [2.24, 2.45) is 0 Å². The summed E-state index contributed by atoms with van der Waals surface area (Å²) < 4.78 is 1.16. The first-order valence-electron chi connectivity index (χ1n) is 7.05. The van der Waals surface area contributed by atoms with E-state index in [0.29, 0.717) is 6.04 Å². The maximum absolute atomic E-state index is 3.68. The zero-order chi connectivity index (χ0) is 13.9. The number of hydrogen-bond donors (Lipinski definition) is 2. The number of rotatable bonds is 2. The van der Waals surface area contributed by atoms with E-state index in [2.05, 4.69) is 76.0 Å². The summed E-state index contributed by atoms with van der Waals surface area (Å²) in [7, 11) is 0. The lowest BCUT2D eigenvalue weighted by Gasteiger charge is -2.20. The van der Waals surface area contributed by atoms with Crippen LogP contribution in [0.4, 0.5) is 5.69 Å². The summed E-state index contributed by atoms with van der Waals surface area (Å²) in [6.07, 6.45) is 1.10. The second-order valence-corrected chi connectivity index (χ2v) is 6.18. The van der Waals surface area contributed by atoms with Gasteiger partial charge in [0.15, 0.2) is 0 Å². The first-order chi connectivity index (χ1) is 9.74. The average Bonchev–Trinajstić information content (AvgIpc) is 2.66. The fraction of sp³-hybridized carbons (Fsp3) is 0.294. The third-order valence-electron chi connectivity index (χ3n) is 3.87. The van der Waals surface area contributed by atoms with E-state index >= 15 is 0 Å². The van der Waals surface area contributed by atoms with Crippen LogP contribution in [-0.2, 0) is 6.54 Å². The molecule has 2 aromatic rings. The minimum atomic E-state index is 0.371. The molecule has 3 heteroatoms. The lowest BCUT2D eigenvalue weighted by Crippen LogP contribution is -2.15. The molecule has 3 rings (SSSR count). The van der Waals surface area contributed by atoms with Crippen LogP contribution in [-0.4, -0.2) is 6.54 Å². The van der Waals surface area contributed by atoms with E-state index in [1.807, 2.05) is 0 Å². The quantitative estimate of drug-likeness (QED) is 0.852. The van der Waals surface area contributed by atoms with Gasteiger partial charge in [0.05, 0.1) is 6.04 Å². The van der Waals surface area contributed by atoms with Crippen LogP contribution in [0.2, 0.25) is 0 Å². The van der Waals surface area contributed by atoms with Gasteiger partial charge in [0, 0.05) is 16.7 Å². The van der Waals surface area contributed by atoms with Crippen molar-refractivity contribution in [1.29, 1.82) is 0 Å². The molecule has 0 saturated carbocycles. The third-order valence-corrected chi connectivity index (χ3v) is 4.72. The molecule has 1 heterocycles. The molecular formula is C17H19BrN2. The Hall–Kier alpha value is -1.32. The predicted octanol–water partition coefficient (Wildman–Crippen LogP) is 4.40. The largest absolute Gasteiger partial charge is 0.378 e. The molecule has 2 N–H and O–H groups in total. The Morgan fingerprint density at radius 2 is 2.05 bits per heavy atom. The number of halogens is 1. The number of anilines is 1. The molecule has 1 atom stereocenters. The topological polar surface area (TPSA) is 24.1 Å². The van der Waals surface area contributed by atoms with Crippen molar-refractivity contribution in [3.05, 3.63) is 63.6 Å². The second kappa shape index (κ2) is 5.98. The lowest BCUT2D eigenvalue weighted by molar-refractivity contribution is 0.637. The SMILES string of the molecule is Cc1ccc(NC2CCNCc3ccccc32)cc1Br. The first-order valence-corrected chi connectivity index (χ1v) is 7.84. The molecule has 0 aliphatic carbocycles. The molecule has 0 spiro atoms. The monoisotopic (exact) mass is 330 g/mol. The van der Waals surface area contributed by atoms with Gasteiger partial charge in [0.25, 0.3) is 0 Å². The molecule has 0 fully saturated rings. The normalized spacial score (nSPS) is 18.2. The van der Waals surface area contributed by atoms with E-state index in [9.17, 15) is 0 Å². The van der Waals surface area contributed by atoms with Crippen molar-refractivity contribution in [1.82, 2.24) is 5.32 Å². The molecule has 0 saturated heterocycles. The van der Waals surface area contributed by atoms with E-state index in [-0.39, 0.29) is 0 Å². The maximum Gasteiger partial charge on any atom is 0.0529 e. The summed E-state index contributed by atoms with van der Waals surface area (Å²) in [5.74, 6) is 0. The molecule has 0 bridgehead atoms. The van der Waals surface area contributed by atoms with Gasteiger partial charge in [-0.2, -0.15) is 0 Å². The van der Waals surface area contributed by atoms with Gasteiger partial charge in [-0.1, -0.05) is 46.3 Å². The molecule has 0 amide bonds. The minimum Gasteiger partial charge on any atom is -0.378 e. The predicted molar refractivity (Wildman–Crippen MR) is 88.0 cm³/mol. The summed E-state index contributed by atoms with van der Waals surface area (Å²) in [6.45, 7) is 4.12. The number of hydrogen-bond acceptors (Lipinski definition) is 2. The maximum atomic E-state index is 3.68. The highest BCUT2D eigenvalue weighted by Gasteiger charge is 2.17. The van der Waals surface area contributed by atoms with Crippen molar-refractivity contribution >= 4 is 21.6 Å². The van der Waals surface area contributed by atoms with E-state index < -0.39 is 0 Å². The lowest BCUT2D eigenvalue weighted by atomic mass is 9.99. The highest BCUT2D eigenvalue weighted by molar-refractivity contribution is 9.10. The molecule has 1 aliphatic heterocycles. The molecule has 104 valence electrons. The standard InChI is InChI=1S/C17H19BrN2/c1-12-6-7-14(10-16(12)18)20-17-8-9-19-11-13-4-2-3-5-15(13)17/h2-7,10,17,19-20H,8-9,11H2,1H3. The third kappa shape index (κ3) is 2.89. The van der Waals surface area contributed by atoms with Gasteiger partial charge in [-0.05, 0) is 48.7 Å². The molecule has 1 unspecified atom stereocenters. The van der Waals surface area contributed by atoms with E-state index in [1.54, 1.807) is 0 Å². The second-order valence-electron chi connectivity index (χ2n) is 5.33. The van der Waals surface area contributed by atoms with Gasteiger partial charge in [-0.25, -0.2) is 0 Å². The van der Waals surface area contributed by atoms with Gasteiger partial charge in [0.2, 0.25) is 0 Å². The minimum absolute atomic E-state index is 0.371. The number of fused-ring (bicyclic) bond motifs is 1. The van der Waals surface area contributed by atoms with Crippen LogP contribution in [0.1, 0.15) is 29.2 Å².